The van der Waals surface area contributed by atoms with Gasteiger partial charge in [0.1, 0.15) is 0 Å². The fourth-order valence-electron chi connectivity index (χ4n) is 5.24. The van der Waals surface area contributed by atoms with E-state index in [1.54, 1.807) is 0 Å². The number of ether oxygens (including phenoxy) is 1. The molecule has 0 aromatic carbocycles. The molecule has 1 nitrogen and oxygen atoms in total. The molecule has 160 valence electrons. The Bertz CT molecular complexity index is 368. The second-order valence-corrected chi connectivity index (χ2v) is 9.07. The van der Waals surface area contributed by atoms with Gasteiger partial charge in [0.05, 0.1) is 0 Å². The summed E-state index contributed by atoms with van der Waals surface area (Å²) in [5.41, 5.74) is 0. The highest BCUT2D eigenvalue weighted by Crippen LogP contribution is 2.41. The van der Waals surface area contributed by atoms with Gasteiger partial charge in [-0.1, -0.05) is 84.0 Å². The molecule has 1 unspecified atom stereocenters. The Morgan fingerprint density at radius 2 is 1.48 bits per heavy atom. The van der Waals surface area contributed by atoms with E-state index in [1.807, 2.05) is 0 Å². The number of unbranched alkanes of at least 4 members (excludes halogenated alkanes) is 3. The molecule has 4 heteroatoms. The molecule has 27 heavy (non-hydrogen) atoms. The maximum absolute atomic E-state index is 13.2. The van der Waals surface area contributed by atoms with Crippen LogP contribution < -0.4 is 0 Å². The zero-order valence-corrected chi connectivity index (χ0v) is 17.4. The molecule has 1 atom stereocenters. The molecular weight excluding hydrogens is 349 g/mol. The Labute approximate surface area is 164 Å². The molecule has 0 saturated heterocycles. The fourth-order valence-corrected chi connectivity index (χ4v) is 5.24. The first-order valence-electron chi connectivity index (χ1n) is 11.7. The van der Waals surface area contributed by atoms with Gasteiger partial charge in [0, 0.05) is 6.61 Å². The third kappa shape index (κ3) is 8.75. The van der Waals surface area contributed by atoms with Crippen LogP contribution in [-0.4, -0.2) is 18.9 Å². The summed E-state index contributed by atoms with van der Waals surface area (Å²) in [4.78, 5) is 0. The van der Waals surface area contributed by atoms with E-state index in [9.17, 15) is 13.2 Å². The van der Waals surface area contributed by atoms with Crippen molar-refractivity contribution in [2.24, 2.45) is 17.8 Å². The third-order valence-electron chi connectivity index (χ3n) is 6.97. The van der Waals surface area contributed by atoms with Crippen molar-refractivity contribution < 1.29 is 17.9 Å². The van der Waals surface area contributed by atoms with E-state index >= 15 is 0 Å². The minimum atomic E-state index is -4.22. The topological polar surface area (TPSA) is 9.23 Å². The van der Waals surface area contributed by atoms with Crippen LogP contribution in [0.2, 0.25) is 0 Å². The zero-order chi connectivity index (χ0) is 19.5. The van der Waals surface area contributed by atoms with E-state index in [0.717, 1.165) is 43.9 Å². The number of hydrogen-bond acceptors (Lipinski definition) is 1. The normalized spacial score (nSPS) is 26.2. The van der Waals surface area contributed by atoms with Gasteiger partial charge in [-0.15, -0.1) is 0 Å². The summed E-state index contributed by atoms with van der Waals surface area (Å²) in [6, 6.07) is 0. The quantitative estimate of drug-likeness (QED) is 0.324. The van der Waals surface area contributed by atoms with E-state index in [-0.39, 0.29) is 13.0 Å². The predicted octanol–water partition coefficient (Wildman–Crippen LogP) is 8.07. The predicted molar refractivity (Wildman–Crippen MR) is 106 cm³/mol. The van der Waals surface area contributed by atoms with Gasteiger partial charge < -0.3 is 4.74 Å². The van der Waals surface area contributed by atoms with E-state index in [4.69, 9.17) is 4.74 Å². The monoisotopic (exact) mass is 390 g/mol. The van der Waals surface area contributed by atoms with E-state index in [2.05, 4.69) is 6.92 Å². The van der Waals surface area contributed by atoms with Crippen LogP contribution in [0.1, 0.15) is 110 Å². The number of hydrogen-bond donors (Lipinski definition) is 0. The summed E-state index contributed by atoms with van der Waals surface area (Å²) in [5.74, 6) is 2.48. The minimum absolute atomic E-state index is 0.139. The van der Waals surface area contributed by atoms with Crippen LogP contribution in [0, 0.1) is 17.8 Å². The maximum atomic E-state index is 13.2. The van der Waals surface area contributed by atoms with Gasteiger partial charge in [-0.05, 0) is 43.4 Å². The number of alkyl halides is 3. The molecule has 0 radical (unpaired) electrons. The van der Waals surface area contributed by atoms with Crippen LogP contribution in [0.25, 0.3) is 0 Å². The summed E-state index contributed by atoms with van der Waals surface area (Å²) in [6.07, 6.45) is 12.0. The second-order valence-electron chi connectivity index (χ2n) is 9.07. The van der Waals surface area contributed by atoms with Crippen LogP contribution in [0.4, 0.5) is 13.2 Å². The van der Waals surface area contributed by atoms with Crippen molar-refractivity contribution in [2.45, 2.75) is 122 Å². The largest absolute Gasteiger partial charge is 0.414 e. The molecule has 2 rings (SSSR count). The van der Waals surface area contributed by atoms with Crippen molar-refractivity contribution in [3.63, 3.8) is 0 Å². The highest BCUT2D eigenvalue weighted by molar-refractivity contribution is 4.80. The lowest BCUT2D eigenvalue weighted by molar-refractivity contribution is -0.222. The fraction of sp³-hybridized carbons (Fsp3) is 1.00. The first kappa shape index (κ1) is 23.0. The Kier molecular flexibility index (Phi) is 10.5. The Morgan fingerprint density at radius 1 is 0.815 bits per heavy atom. The van der Waals surface area contributed by atoms with E-state index < -0.39 is 12.3 Å². The number of rotatable bonds is 11. The lowest BCUT2D eigenvalue weighted by Gasteiger charge is -2.36. The summed E-state index contributed by atoms with van der Waals surface area (Å²) < 4.78 is 44.8. The molecule has 0 aromatic rings. The van der Waals surface area contributed by atoms with Crippen LogP contribution in [0.3, 0.4) is 0 Å². The molecular formula is C23H41F3O. The van der Waals surface area contributed by atoms with Gasteiger partial charge in [-0.25, -0.2) is 0 Å². The molecule has 0 aliphatic heterocycles. The van der Waals surface area contributed by atoms with Crippen molar-refractivity contribution in [2.75, 3.05) is 6.61 Å². The smallest absolute Gasteiger partial charge is 0.369 e. The molecule has 0 bridgehead atoms. The maximum Gasteiger partial charge on any atom is 0.414 e. The summed E-state index contributed by atoms with van der Waals surface area (Å²) in [6.45, 7) is 2.35. The van der Waals surface area contributed by atoms with Gasteiger partial charge in [0.15, 0.2) is 6.10 Å². The van der Waals surface area contributed by atoms with Crippen molar-refractivity contribution in [3.05, 3.63) is 0 Å². The second kappa shape index (κ2) is 12.3. The van der Waals surface area contributed by atoms with E-state index in [1.165, 1.54) is 57.8 Å². The van der Waals surface area contributed by atoms with Crippen molar-refractivity contribution in [1.82, 2.24) is 0 Å². The van der Waals surface area contributed by atoms with Gasteiger partial charge >= 0.3 is 6.18 Å². The Hall–Kier alpha value is -0.250. The summed E-state index contributed by atoms with van der Waals surface area (Å²) in [5, 5.41) is 0. The first-order valence-corrected chi connectivity index (χ1v) is 11.7. The van der Waals surface area contributed by atoms with Crippen molar-refractivity contribution in [1.29, 1.82) is 0 Å². The summed E-state index contributed by atoms with van der Waals surface area (Å²) >= 11 is 0. The standard InChI is InChI=1S/C23H41F3O/c1-2-3-4-8-18-27-22(23(24,25)26)13-9-10-19-14-16-21(17-15-19)20-11-6-5-7-12-20/h19-22H,2-18H2,1H3. The number of halogens is 3. The van der Waals surface area contributed by atoms with Crippen LogP contribution in [0.5, 0.6) is 0 Å². The average molecular weight is 391 g/mol. The minimum Gasteiger partial charge on any atom is -0.369 e. The van der Waals surface area contributed by atoms with Gasteiger partial charge in [0.2, 0.25) is 0 Å². The van der Waals surface area contributed by atoms with Crippen LogP contribution in [0.15, 0.2) is 0 Å². The molecule has 0 aromatic heterocycles. The molecule has 0 amide bonds. The molecule has 2 saturated carbocycles. The lowest BCUT2D eigenvalue weighted by atomic mass is 9.70. The molecule has 0 heterocycles. The lowest BCUT2D eigenvalue weighted by Crippen LogP contribution is -2.32. The average Bonchev–Trinajstić information content (AvgIpc) is 2.67. The molecule has 0 N–H and O–H groups in total. The molecule has 2 aliphatic carbocycles. The first-order chi connectivity index (χ1) is 13.0. The molecule has 2 aliphatic rings. The Balaban J connectivity index is 1.61. The molecule has 0 spiro atoms. The van der Waals surface area contributed by atoms with Crippen LogP contribution >= 0.6 is 0 Å². The van der Waals surface area contributed by atoms with Crippen molar-refractivity contribution in [3.8, 4) is 0 Å². The molecule has 2 fully saturated rings. The van der Waals surface area contributed by atoms with Crippen molar-refractivity contribution >= 4 is 0 Å². The van der Waals surface area contributed by atoms with Gasteiger partial charge in [-0.3, -0.25) is 0 Å². The highest BCUT2D eigenvalue weighted by Gasteiger charge is 2.40. The third-order valence-corrected chi connectivity index (χ3v) is 6.97. The van der Waals surface area contributed by atoms with Gasteiger partial charge in [0.25, 0.3) is 0 Å². The van der Waals surface area contributed by atoms with Gasteiger partial charge in [-0.2, -0.15) is 13.2 Å². The highest BCUT2D eigenvalue weighted by atomic mass is 19.4. The summed E-state index contributed by atoms with van der Waals surface area (Å²) in [7, 11) is 0. The SMILES string of the molecule is CCCCCCOC(CCCC1CCC(C2CCCCC2)CC1)C(F)(F)F. The zero-order valence-electron chi connectivity index (χ0n) is 17.4. The van der Waals surface area contributed by atoms with E-state index in [0.29, 0.717) is 12.3 Å². The van der Waals surface area contributed by atoms with Crippen LogP contribution in [-0.2, 0) is 4.74 Å². The Morgan fingerprint density at radius 3 is 2.11 bits per heavy atom.